The van der Waals surface area contributed by atoms with Crippen LogP contribution in [0.25, 0.3) is 0 Å². The molecular weight excluding hydrogens is 228 g/mol. The first-order chi connectivity index (χ1) is 8.66. The van der Waals surface area contributed by atoms with Crippen molar-refractivity contribution in [1.29, 1.82) is 0 Å². The van der Waals surface area contributed by atoms with Gasteiger partial charge in [0.25, 0.3) is 5.91 Å². The lowest BCUT2D eigenvalue weighted by molar-refractivity contribution is -0.0161. The van der Waals surface area contributed by atoms with Crippen LogP contribution in [0.15, 0.2) is 24.3 Å². The molecule has 0 radical (unpaired) electrons. The van der Waals surface area contributed by atoms with Crippen LogP contribution < -0.4 is 11.1 Å². The highest BCUT2D eigenvalue weighted by Crippen LogP contribution is 2.37. The van der Waals surface area contributed by atoms with Crippen molar-refractivity contribution in [1.82, 2.24) is 5.32 Å². The van der Waals surface area contributed by atoms with Crippen molar-refractivity contribution in [3.05, 3.63) is 35.4 Å². The summed E-state index contributed by atoms with van der Waals surface area (Å²) in [6.07, 6.45) is 1.14. The zero-order valence-electron chi connectivity index (χ0n) is 10.4. The number of carbonyl (C=O) groups is 1. The van der Waals surface area contributed by atoms with Crippen LogP contribution in [0.4, 0.5) is 0 Å². The highest BCUT2D eigenvalue weighted by molar-refractivity contribution is 5.94. The van der Waals surface area contributed by atoms with E-state index in [0.717, 1.165) is 18.6 Å². The van der Waals surface area contributed by atoms with Gasteiger partial charge in [-0.15, -0.1) is 0 Å². The quantitative estimate of drug-likeness (QED) is 0.812. The van der Waals surface area contributed by atoms with Gasteiger partial charge < -0.3 is 15.8 Å². The lowest BCUT2D eigenvalue weighted by Crippen LogP contribution is -2.68. The summed E-state index contributed by atoms with van der Waals surface area (Å²) in [7, 11) is 0. The van der Waals surface area contributed by atoms with E-state index in [1.54, 1.807) is 0 Å². The number of amides is 1. The van der Waals surface area contributed by atoms with Gasteiger partial charge in [-0.25, -0.2) is 0 Å². The van der Waals surface area contributed by atoms with Gasteiger partial charge in [0.1, 0.15) is 0 Å². The maximum Gasteiger partial charge on any atom is 0.251 e. The van der Waals surface area contributed by atoms with Gasteiger partial charge in [0, 0.05) is 24.1 Å². The number of carbonyl (C=O) groups excluding carboxylic acids is 1. The Kier molecular flexibility index (Phi) is 2.84. The average molecular weight is 246 g/mol. The Hall–Kier alpha value is -1.39. The number of ether oxygens (including phenoxy) is 1. The topological polar surface area (TPSA) is 64.4 Å². The van der Waals surface area contributed by atoms with Crippen LogP contribution in [0.2, 0.25) is 0 Å². The molecule has 1 aliphatic carbocycles. The molecule has 0 bridgehead atoms. The van der Waals surface area contributed by atoms with Gasteiger partial charge in [0.2, 0.25) is 0 Å². The van der Waals surface area contributed by atoms with Crippen molar-refractivity contribution >= 4 is 5.91 Å². The predicted molar refractivity (Wildman–Crippen MR) is 68.3 cm³/mol. The van der Waals surface area contributed by atoms with E-state index in [1.807, 2.05) is 31.2 Å². The smallest absolute Gasteiger partial charge is 0.251 e. The third-order valence-corrected chi connectivity index (χ3v) is 4.02. The molecule has 1 aliphatic heterocycles. The van der Waals surface area contributed by atoms with Crippen LogP contribution in [0.5, 0.6) is 0 Å². The maximum absolute atomic E-state index is 12.1. The predicted octanol–water partition coefficient (Wildman–Crippen LogP) is 0.839. The van der Waals surface area contributed by atoms with Crippen molar-refractivity contribution in [2.45, 2.75) is 31.5 Å². The van der Waals surface area contributed by atoms with Crippen molar-refractivity contribution in [3.8, 4) is 0 Å². The number of nitrogens with one attached hydrogen (secondary N) is 1. The summed E-state index contributed by atoms with van der Waals surface area (Å²) >= 11 is 0. The Morgan fingerprint density at radius 1 is 1.50 bits per heavy atom. The molecule has 4 atom stereocenters. The molecule has 1 heterocycles. The summed E-state index contributed by atoms with van der Waals surface area (Å²) in [4.78, 5) is 12.1. The van der Waals surface area contributed by atoms with Crippen LogP contribution in [0, 0.1) is 12.8 Å². The summed E-state index contributed by atoms with van der Waals surface area (Å²) in [6, 6.07) is 7.56. The highest BCUT2D eigenvalue weighted by atomic mass is 16.5. The standard InChI is InChI=1S/C14H18N2O2/c1-8-3-2-4-9(7-8)14(17)16-12-11(15)10-5-6-18-13(10)12/h2-4,7,10-13H,5-6,15H2,1H3,(H,16,17). The Labute approximate surface area is 107 Å². The minimum Gasteiger partial charge on any atom is -0.376 e. The lowest BCUT2D eigenvalue weighted by atomic mass is 9.72. The Morgan fingerprint density at radius 2 is 2.33 bits per heavy atom. The normalized spacial score (nSPS) is 33.7. The summed E-state index contributed by atoms with van der Waals surface area (Å²) in [5, 5.41) is 2.99. The maximum atomic E-state index is 12.1. The first-order valence-corrected chi connectivity index (χ1v) is 6.41. The lowest BCUT2D eigenvalue weighted by Gasteiger charge is -2.45. The number of fused-ring (bicyclic) bond motifs is 1. The van der Waals surface area contributed by atoms with E-state index in [1.165, 1.54) is 0 Å². The van der Waals surface area contributed by atoms with Gasteiger partial charge in [-0.2, -0.15) is 0 Å². The molecule has 1 aromatic rings. The van der Waals surface area contributed by atoms with E-state index in [-0.39, 0.29) is 24.1 Å². The van der Waals surface area contributed by atoms with Crippen LogP contribution in [-0.2, 0) is 4.74 Å². The monoisotopic (exact) mass is 246 g/mol. The molecular formula is C14H18N2O2. The molecule has 1 saturated carbocycles. The van der Waals surface area contributed by atoms with Crippen molar-refractivity contribution in [2.75, 3.05) is 6.61 Å². The number of hydrogen-bond acceptors (Lipinski definition) is 3. The first-order valence-electron chi connectivity index (χ1n) is 6.41. The molecule has 4 heteroatoms. The second-order valence-corrected chi connectivity index (χ2v) is 5.23. The Bertz CT molecular complexity index is 475. The number of nitrogens with two attached hydrogens (primary N) is 1. The fourth-order valence-electron chi connectivity index (χ4n) is 2.95. The number of hydrogen-bond donors (Lipinski definition) is 2. The molecule has 0 aromatic heterocycles. The zero-order chi connectivity index (χ0) is 12.7. The van der Waals surface area contributed by atoms with E-state index in [2.05, 4.69) is 5.32 Å². The molecule has 0 spiro atoms. The van der Waals surface area contributed by atoms with Crippen LogP contribution >= 0.6 is 0 Å². The Balaban J connectivity index is 1.68. The minimum absolute atomic E-state index is 0.0336. The van der Waals surface area contributed by atoms with E-state index >= 15 is 0 Å². The second-order valence-electron chi connectivity index (χ2n) is 5.23. The summed E-state index contributed by atoms with van der Waals surface area (Å²) < 4.78 is 5.60. The molecule has 3 N–H and O–H groups in total. The molecule has 2 aliphatic rings. The number of aryl methyl sites for hydroxylation is 1. The molecule has 96 valence electrons. The van der Waals surface area contributed by atoms with Gasteiger partial charge in [-0.05, 0) is 25.5 Å². The molecule has 1 saturated heterocycles. The molecule has 3 rings (SSSR count). The Morgan fingerprint density at radius 3 is 3.11 bits per heavy atom. The summed E-state index contributed by atoms with van der Waals surface area (Å²) in [5.41, 5.74) is 7.83. The number of benzene rings is 1. The van der Waals surface area contributed by atoms with E-state index in [9.17, 15) is 4.79 Å². The SMILES string of the molecule is Cc1cccc(C(=O)NC2C(N)C3CCOC32)c1. The number of rotatable bonds is 2. The van der Waals surface area contributed by atoms with E-state index in [4.69, 9.17) is 10.5 Å². The highest BCUT2D eigenvalue weighted by Gasteiger charge is 2.52. The molecule has 2 fully saturated rings. The van der Waals surface area contributed by atoms with Gasteiger partial charge in [-0.1, -0.05) is 17.7 Å². The van der Waals surface area contributed by atoms with Gasteiger partial charge in [-0.3, -0.25) is 4.79 Å². The summed E-state index contributed by atoms with van der Waals surface area (Å²) in [6.45, 7) is 2.74. The van der Waals surface area contributed by atoms with Gasteiger partial charge >= 0.3 is 0 Å². The zero-order valence-corrected chi connectivity index (χ0v) is 10.4. The van der Waals surface area contributed by atoms with Crippen LogP contribution in [-0.4, -0.2) is 30.7 Å². The fraction of sp³-hybridized carbons (Fsp3) is 0.500. The average Bonchev–Trinajstić information content (AvgIpc) is 2.80. The van der Waals surface area contributed by atoms with Crippen LogP contribution in [0.3, 0.4) is 0 Å². The second kappa shape index (κ2) is 4.37. The van der Waals surface area contributed by atoms with E-state index in [0.29, 0.717) is 11.5 Å². The van der Waals surface area contributed by atoms with E-state index < -0.39 is 0 Å². The third-order valence-electron chi connectivity index (χ3n) is 4.02. The molecule has 1 aromatic carbocycles. The fourth-order valence-corrected chi connectivity index (χ4v) is 2.95. The molecule has 1 amide bonds. The molecule has 18 heavy (non-hydrogen) atoms. The van der Waals surface area contributed by atoms with Crippen molar-refractivity contribution in [3.63, 3.8) is 0 Å². The van der Waals surface area contributed by atoms with Crippen LogP contribution in [0.1, 0.15) is 22.3 Å². The summed E-state index contributed by atoms with van der Waals surface area (Å²) in [5.74, 6) is 0.362. The first kappa shape index (κ1) is 11.7. The largest absolute Gasteiger partial charge is 0.376 e. The van der Waals surface area contributed by atoms with Gasteiger partial charge in [0.05, 0.1) is 12.1 Å². The van der Waals surface area contributed by atoms with Gasteiger partial charge in [0.15, 0.2) is 0 Å². The third kappa shape index (κ3) is 1.82. The minimum atomic E-state index is -0.0619. The molecule has 4 unspecified atom stereocenters. The molecule has 4 nitrogen and oxygen atoms in total. The van der Waals surface area contributed by atoms with Crippen molar-refractivity contribution in [2.24, 2.45) is 11.7 Å². The van der Waals surface area contributed by atoms with Crippen molar-refractivity contribution < 1.29 is 9.53 Å².